The first-order valence-electron chi connectivity index (χ1n) is 3.90. The number of carbonyl (C=O) groups is 1. The monoisotopic (exact) mass is 213 g/mol. The smallest absolute Gasteiger partial charge is 0.234 e. The standard InChI is InChI=1S/C9H8ClNOS/c1-5-2-3-6-9(8(5)10)13-4-7(12)11-6/h2-3H,4H2,1H3,(H,11,12). The van der Waals surface area contributed by atoms with Gasteiger partial charge in [-0.1, -0.05) is 17.7 Å². The summed E-state index contributed by atoms with van der Waals surface area (Å²) in [6, 6.07) is 3.80. The van der Waals surface area contributed by atoms with Crippen molar-refractivity contribution in [2.45, 2.75) is 11.8 Å². The van der Waals surface area contributed by atoms with Gasteiger partial charge in [0.05, 0.1) is 21.4 Å². The van der Waals surface area contributed by atoms with Gasteiger partial charge in [0.1, 0.15) is 0 Å². The first-order valence-corrected chi connectivity index (χ1v) is 5.26. The number of halogens is 1. The van der Waals surface area contributed by atoms with Crippen molar-refractivity contribution >= 4 is 35.0 Å². The maximum Gasteiger partial charge on any atom is 0.234 e. The summed E-state index contributed by atoms with van der Waals surface area (Å²) in [7, 11) is 0. The molecule has 1 heterocycles. The molecule has 1 aromatic rings. The second-order valence-corrected chi connectivity index (χ2v) is 4.27. The second kappa shape index (κ2) is 3.24. The van der Waals surface area contributed by atoms with Gasteiger partial charge < -0.3 is 5.32 Å². The summed E-state index contributed by atoms with van der Waals surface area (Å²) in [6.07, 6.45) is 0. The molecule has 0 saturated heterocycles. The molecule has 1 aliphatic rings. The van der Waals surface area contributed by atoms with Crippen LogP contribution < -0.4 is 5.32 Å². The minimum Gasteiger partial charge on any atom is -0.324 e. The van der Waals surface area contributed by atoms with Crippen molar-refractivity contribution in [3.05, 3.63) is 22.7 Å². The fourth-order valence-electron chi connectivity index (χ4n) is 1.22. The van der Waals surface area contributed by atoms with Gasteiger partial charge >= 0.3 is 0 Å². The fraction of sp³-hybridized carbons (Fsp3) is 0.222. The van der Waals surface area contributed by atoms with Gasteiger partial charge in [-0.05, 0) is 18.6 Å². The first-order chi connectivity index (χ1) is 6.18. The Bertz CT molecular complexity index is 378. The minimum absolute atomic E-state index is 0.0393. The zero-order valence-electron chi connectivity index (χ0n) is 7.06. The summed E-state index contributed by atoms with van der Waals surface area (Å²) in [5.74, 6) is 0.494. The number of rotatable bonds is 0. The normalized spacial score (nSPS) is 15.1. The van der Waals surface area contributed by atoms with Gasteiger partial charge in [-0.3, -0.25) is 4.79 Å². The van der Waals surface area contributed by atoms with Crippen molar-refractivity contribution < 1.29 is 4.79 Å². The summed E-state index contributed by atoms with van der Waals surface area (Å²) in [6.45, 7) is 1.96. The molecule has 4 heteroatoms. The van der Waals surface area contributed by atoms with E-state index in [1.54, 1.807) is 0 Å². The highest BCUT2D eigenvalue weighted by molar-refractivity contribution is 8.00. The molecular formula is C9H8ClNOS. The maximum atomic E-state index is 11.0. The molecule has 2 nitrogen and oxygen atoms in total. The van der Waals surface area contributed by atoms with Crippen LogP contribution >= 0.6 is 23.4 Å². The lowest BCUT2D eigenvalue weighted by Gasteiger charge is -2.18. The largest absolute Gasteiger partial charge is 0.324 e. The number of fused-ring (bicyclic) bond motifs is 1. The molecule has 1 N–H and O–H groups in total. The van der Waals surface area contributed by atoms with Gasteiger partial charge in [-0.2, -0.15) is 0 Å². The Labute approximate surface area is 85.7 Å². The van der Waals surface area contributed by atoms with Gasteiger partial charge in [0, 0.05) is 0 Å². The topological polar surface area (TPSA) is 29.1 Å². The lowest BCUT2D eigenvalue weighted by Crippen LogP contribution is -2.18. The number of hydrogen-bond acceptors (Lipinski definition) is 2. The highest BCUT2D eigenvalue weighted by Gasteiger charge is 2.18. The summed E-state index contributed by atoms with van der Waals surface area (Å²) >= 11 is 7.58. The summed E-state index contributed by atoms with van der Waals surface area (Å²) in [5, 5.41) is 3.54. The number of amides is 1. The Morgan fingerprint density at radius 1 is 1.54 bits per heavy atom. The predicted octanol–water partition coefficient (Wildman–Crippen LogP) is 2.69. The Morgan fingerprint density at radius 3 is 3.08 bits per heavy atom. The molecule has 0 aliphatic carbocycles. The van der Waals surface area contributed by atoms with E-state index in [4.69, 9.17) is 11.6 Å². The quantitative estimate of drug-likeness (QED) is 0.718. The lowest BCUT2D eigenvalue weighted by atomic mass is 10.2. The van der Waals surface area contributed by atoms with Crippen LogP contribution in [0.1, 0.15) is 5.56 Å². The highest BCUT2D eigenvalue weighted by atomic mass is 35.5. The van der Waals surface area contributed by atoms with Crippen molar-refractivity contribution in [1.29, 1.82) is 0 Å². The molecule has 0 unspecified atom stereocenters. The Balaban J connectivity index is 2.53. The minimum atomic E-state index is 0.0393. The third kappa shape index (κ3) is 1.54. The van der Waals surface area contributed by atoms with Gasteiger partial charge in [0.25, 0.3) is 0 Å². The Kier molecular flexibility index (Phi) is 2.22. The van der Waals surface area contributed by atoms with E-state index in [1.165, 1.54) is 11.8 Å². The van der Waals surface area contributed by atoms with Crippen molar-refractivity contribution in [1.82, 2.24) is 0 Å². The molecule has 13 heavy (non-hydrogen) atoms. The van der Waals surface area contributed by atoms with Crippen molar-refractivity contribution in [3.63, 3.8) is 0 Å². The molecule has 0 spiro atoms. The van der Waals surface area contributed by atoms with E-state index in [-0.39, 0.29) is 5.91 Å². The van der Waals surface area contributed by atoms with Crippen LogP contribution in [-0.2, 0) is 4.79 Å². The van der Waals surface area contributed by atoms with Crippen LogP contribution in [0.15, 0.2) is 17.0 Å². The van der Waals surface area contributed by atoms with Crippen molar-refractivity contribution in [2.75, 3.05) is 11.1 Å². The third-order valence-corrected chi connectivity index (χ3v) is 3.63. The SMILES string of the molecule is Cc1ccc2c(c1Cl)SCC(=O)N2. The van der Waals surface area contributed by atoms with Gasteiger partial charge in [0.15, 0.2) is 0 Å². The molecule has 1 amide bonds. The Hall–Kier alpha value is -0.670. The maximum absolute atomic E-state index is 11.0. The molecule has 2 rings (SSSR count). The molecular weight excluding hydrogens is 206 g/mol. The van der Waals surface area contributed by atoms with Gasteiger partial charge in [-0.25, -0.2) is 0 Å². The van der Waals surface area contributed by atoms with Crippen LogP contribution in [0, 0.1) is 6.92 Å². The van der Waals surface area contributed by atoms with Crippen LogP contribution in [0.5, 0.6) is 0 Å². The molecule has 0 bridgehead atoms. The van der Waals surface area contributed by atoms with E-state index in [0.29, 0.717) is 5.75 Å². The van der Waals surface area contributed by atoms with Gasteiger partial charge in [-0.15, -0.1) is 11.8 Å². The molecule has 0 saturated carbocycles. The molecule has 0 radical (unpaired) electrons. The third-order valence-electron chi connectivity index (χ3n) is 1.91. The van der Waals surface area contributed by atoms with Crippen LogP contribution in [0.25, 0.3) is 0 Å². The zero-order chi connectivity index (χ0) is 9.42. The average molecular weight is 214 g/mol. The number of thioether (sulfide) groups is 1. The van der Waals surface area contributed by atoms with E-state index in [1.807, 2.05) is 19.1 Å². The second-order valence-electron chi connectivity index (χ2n) is 2.91. The number of aryl methyl sites for hydroxylation is 1. The molecule has 1 aliphatic heterocycles. The number of carbonyl (C=O) groups excluding carboxylic acids is 1. The number of anilines is 1. The number of benzene rings is 1. The lowest BCUT2D eigenvalue weighted by molar-refractivity contribution is -0.113. The van der Waals surface area contributed by atoms with Crippen LogP contribution in [0.3, 0.4) is 0 Å². The van der Waals surface area contributed by atoms with Gasteiger partial charge in [0.2, 0.25) is 5.91 Å². The van der Waals surface area contributed by atoms with Crippen molar-refractivity contribution in [3.8, 4) is 0 Å². The highest BCUT2D eigenvalue weighted by Crippen LogP contribution is 2.38. The van der Waals surface area contributed by atoms with Crippen LogP contribution in [-0.4, -0.2) is 11.7 Å². The number of hydrogen-bond donors (Lipinski definition) is 1. The molecule has 0 fully saturated rings. The van der Waals surface area contributed by atoms with E-state index >= 15 is 0 Å². The molecule has 0 atom stereocenters. The van der Waals surface area contributed by atoms with E-state index < -0.39 is 0 Å². The van der Waals surface area contributed by atoms with Crippen molar-refractivity contribution in [2.24, 2.45) is 0 Å². The van der Waals surface area contributed by atoms with E-state index in [9.17, 15) is 4.79 Å². The fourth-order valence-corrected chi connectivity index (χ4v) is 2.46. The van der Waals surface area contributed by atoms with Crippen LogP contribution in [0.2, 0.25) is 5.02 Å². The molecule has 68 valence electrons. The predicted molar refractivity (Wildman–Crippen MR) is 55.5 cm³/mol. The average Bonchev–Trinajstić information content (AvgIpc) is 2.12. The summed E-state index contributed by atoms with van der Waals surface area (Å²) < 4.78 is 0. The van der Waals surface area contributed by atoms with Crippen LogP contribution in [0.4, 0.5) is 5.69 Å². The summed E-state index contributed by atoms with van der Waals surface area (Å²) in [5.41, 5.74) is 1.88. The molecule has 0 aromatic heterocycles. The Morgan fingerprint density at radius 2 is 2.31 bits per heavy atom. The van der Waals surface area contributed by atoms with E-state index in [0.717, 1.165) is 21.2 Å². The molecule has 1 aromatic carbocycles. The number of nitrogens with one attached hydrogen (secondary N) is 1. The van der Waals surface area contributed by atoms with E-state index in [2.05, 4.69) is 5.32 Å². The summed E-state index contributed by atoms with van der Waals surface area (Å²) in [4.78, 5) is 12.0. The zero-order valence-corrected chi connectivity index (χ0v) is 8.63. The first kappa shape index (κ1) is 8.91.